The Morgan fingerprint density at radius 1 is 1.21 bits per heavy atom. The highest BCUT2D eigenvalue weighted by Gasteiger charge is 2.16. The third-order valence-electron chi connectivity index (χ3n) is 3.79. The van der Waals surface area contributed by atoms with Crippen LogP contribution in [0.5, 0.6) is 0 Å². The lowest BCUT2D eigenvalue weighted by atomic mass is 9.98. The first-order valence-corrected chi connectivity index (χ1v) is 8.74. The first kappa shape index (κ1) is 18.2. The number of hydrogen-bond acceptors (Lipinski definition) is 4. The molecule has 0 spiro atoms. The first-order valence-electron chi connectivity index (χ1n) is 7.93. The van der Waals surface area contributed by atoms with E-state index in [9.17, 15) is 9.59 Å². The smallest absolute Gasteiger partial charge is 0.339 e. The number of anilines is 1. The molecule has 128 valence electrons. The van der Waals surface area contributed by atoms with Crippen molar-refractivity contribution in [3.8, 4) is 0 Å². The van der Waals surface area contributed by atoms with Crippen molar-refractivity contribution in [2.45, 2.75) is 40.5 Å². The predicted octanol–water partition coefficient (Wildman–Crippen LogP) is 4.59. The summed E-state index contributed by atoms with van der Waals surface area (Å²) < 4.78 is 5.15. The van der Waals surface area contributed by atoms with E-state index in [-0.39, 0.29) is 12.5 Å². The summed E-state index contributed by atoms with van der Waals surface area (Å²) in [6.07, 6.45) is 0. The van der Waals surface area contributed by atoms with Gasteiger partial charge < -0.3 is 10.1 Å². The Kier molecular flexibility index (Phi) is 5.78. The molecule has 0 atom stereocenters. The van der Waals surface area contributed by atoms with Gasteiger partial charge in [0.25, 0.3) is 5.91 Å². The molecule has 2 aromatic rings. The van der Waals surface area contributed by atoms with Gasteiger partial charge in [0, 0.05) is 15.4 Å². The molecule has 0 saturated carbocycles. The number of esters is 1. The Bertz CT molecular complexity index is 762. The lowest BCUT2D eigenvalue weighted by Crippen LogP contribution is -2.22. The zero-order valence-electron chi connectivity index (χ0n) is 14.7. The number of para-hydroxylation sites is 1. The molecule has 5 heteroatoms. The second-order valence-corrected chi connectivity index (χ2v) is 7.61. The van der Waals surface area contributed by atoms with Crippen LogP contribution in [0.3, 0.4) is 0 Å². The molecule has 0 radical (unpaired) electrons. The Hall–Kier alpha value is -2.14. The number of benzene rings is 1. The summed E-state index contributed by atoms with van der Waals surface area (Å²) in [5, 5.41) is 2.87. The lowest BCUT2D eigenvalue weighted by Gasteiger charge is -2.16. The topological polar surface area (TPSA) is 55.4 Å². The van der Waals surface area contributed by atoms with E-state index in [0.717, 1.165) is 26.6 Å². The highest BCUT2D eigenvalue weighted by atomic mass is 32.1. The van der Waals surface area contributed by atoms with Crippen LogP contribution in [0.15, 0.2) is 24.3 Å². The number of carbonyl (C=O) groups excluding carboxylic acids is 2. The van der Waals surface area contributed by atoms with E-state index < -0.39 is 5.97 Å². The average Bonchev–Trinajstić information content (AvgIpc) is 2.85. The maximum Gasteiger partial charge on any atom is 0.339 e. The predicted molar refractivity (Wildman–Crippen MR) is 98.0 cm³/mol. The lowest BCUT2D eigenvalue weighted by molar-refractivity contribution is -0.119. The van der Waals surface area contributed by atoms with Crippen LogP contribution in [-0.2, 0) is 9.53 Å². The Morgan fingerprint density at radius 2 is 1.92 bits per heavy atom. The van der Waals surface area contributed by atoms with Gasteiger partial charge in [-0.2, -0.15) is 0 Å². The van der Waals surface area contributed by atoms with Gasteiger partial charge in [-0.05, 0) is 43.9 Å². The van der Waals surface area contributed by atoms with Crippen molar-refractivity contribution >= 4 is 28.9 Å². The zero-order chi connectivity index (χ0) is 17.9. The molecule has 0 aliphatic carbocycles. The van der Waals surface area contributed by atoms with Crippen LogP contribution in [-0.4, -0.2) is 18.5 Å². The number of carbonyl (C=O) groups is 2. The molecule has 0 saturated heterocycles. The number of nitrogens with one attached hydrogen (secondary N) is 1. The van der Waals surface area contributed by atoms with Crippen LogP contribution in [0.25, 0.3) is 0 Å². The summed E-state index contributed by atoms with van der Waals surface area (Å²) in [6, 6.07) is 7.71. The summed E-state index contributed by atoms with van der Waals surface area (Å²) in [5.74, 6) is -0.496. The maximum atomic E-state index is 12.2. The highest BCUT2D eigenvalue weighted by molar-refractivity contribution is 7.12. The number of rotatable bonds is 5. The molecule has 0 aliphatic rings. The van der Waals surface area contributed by atoms with Gasteiger partial charge in [0.05, 0.1) is 5.56 Å². The number of amides is 1. The zero-order valence-corrected chi connectivity index (χ0v) is 15.5. The van der Waals surface area contributed by atoms with Gasteiger partial charge in [-0.15, -0.1) is 11.3 Å². The van der Waals surface area contributed by atoms with Crippen LogP contribution < -0.4 is 5.32 Å². The SMILES string of the molecule is Cc1cc(C(=O)OCC(=O)Nc2c(C)cccc2C(C)C)c(C)s1. The van der Waals surface area contributed by atoms with E-state index in [2.05, 4.69) is 19.2 Å². The van der Waals surface area contributed by atoms with Gasteiger partial charge in [0.2, 0.25) is 0 Å². The summed E-state index contributed by atoms with van der Waals surface area (Å²) in [5.41, 5.74) is 3.39. The first-order chi connectivity index (χ1) is 11.3. The number of thiophene rings is 1. The van der Waals surface area contributed by atoms with Crippen LogP contribution in [0.1, 0.15) is 51.0 Å². The van der Waals surface area contributed by atoms with Gasteiger partial charge in [-0.3, -0.25) is 4.79 Å². The Labute approximate surface area is 146 Å². The van der Waals surface area contributed by atoms with Crippen LogP contribution in [0, 0.1) is 20.8 Å². The molecule has 4 nitrogen and oxygen atoms in total. The monoisotopic (exact) mass is 345 g/mol. The van der Waals surface area contributed by atoms with E-state index in [1.54, 1.807) is 17.4 Å². The van der Waals surface area contributed by atoms with Crippen molar-refractivity contribution in [1.29, 1.82) is 0 Å². The second-order valence-electron chi connectivity index (χ2n) is 6.15. The molecule has 1 heterocycles. The molecule has 0 aliphatic heterocycles. The third kappa shape index (κ3) is 4.23. The molecule has 0 unspecified atom stereocenters. The molecule has 1 aromatic heterocycles. The third-order valence-corrected chi connectivity index (χ3v) is 4.75. The van der Waals surface area contributed by atoms with Gasteiger partial charge in [-0.25, -0.2) is 4.79 Å². The Morgan fingerprint density at radius 3 is 2.50 bits per heavy atom. The molecule has 1 amide bonds. The number of hydrogen-bond donors (Lipinski definition) is 1. The van der Waals surface area contributed by atoms with Crippen molar-refractivity contribution in [2.75, 3.05) is 11.9 Å². The highest BCUT2D eigenvalue weighted by Crippen LogP contribution is 2.27. The van der Waals surface area contributed by atoms with Gasteiger partial charge in [-0.1, -0.05) is 32.0 Å². The summed E-state index contributed by atoms with van der Waals surface area (Å²) in [7, 11) is 0. The van der Waals surface area contributed by atoms with Crippen LogP contribution in [0.4, 0.5) is 5.69 Å². The van der Waals surface area contributed by atoms with Crippen molar-refractivity contribution in [1.82, 2.24) is 0 Å². The van der Waals surface area contributed by atoms with Crippen molar-refractivity contribution in [3.05, 3.63) is 50.7 Å². The molecular formula is C19H23NO3S. The van der Waals surface area contributed by atoms with Gasteiger partial charge >= 0.3 is 5.97 Å². The molecule has 0 fully saturated rings. The van der Waals surface area contributed by atoms with E-state index in [0.29, 0.717) is 11.5 Å². The van der Waals surface area contributed by atoms with Gasteiger partial charge in [0.1, 0.15) is 0 Å². The fraction of sp³-hybridized carbons (Fsp3) is 0.368. The molecule has 0 bridgehead atoms. The summed E-state index contributed by atoms with van der Waals surface area (Å²) in [6.45, 7) is 9.62. The standard InChI is InChI=1S/C19H23NO3S/c1-11(2)15-8-6-7-12(3)18(15)20-17(21)10-23-19(22)16-9-13(4)24-14(16)5/h6-9,11H,10H2,1-5H3,(H,20,21). The normalized spacial score (nSPS) is 10.8. The molecule has 24 heavy (non-hydrogen) atoms. The molecular weight excluding hydrogens is 322 g/mol. The minimum Gasteiger partial charge on any atom is -0.452 e. The largest absolute Gasteiger partial charge is 0.452 e. The minimum absolute atomic E-state index is 0.291. The van der Waals surface area contributed by atoms with Crippen molar-refractivity contribution in [2.24, 2.45) is 0 Å². The molecule has 1 aromatic carbocycles. The second kappa shape index (κ2) is 7.62. The van der Waals surface area contributed by atoms with Crippen LogP contribution >= 0.6 is 11.3 Å². The molecule has 2 rings (SSSR count). The van der Waals surface area contributed by atoms with E-state index >= 15 is 0 Å². The molecule has 1 N–H and O–H groups in total. The van der Waals surface area contributed by atoms with Gasteiger partial charge in [0.15, 0.2) is 6.61 Å². The fourth-order valence-corrected chi connectivity index (χ4v) is 3.47. The average molecular weight is 345 g/mol. The van der Waals surface area contributed by atoms with E-state index in [1.807, 2.05) is 39.0 Å². The van der Waals surface area contributed by atoms with Crippen LogP contribution in [0.2, 0.25) is 0 Å². The Balaban J connectivity index is 2.02. The quantitative estimate of drug-likeness (QED) is 0.806. The summed E-state index contributed by atoms with van der Waals surface area (Å²) >= 11 is 1.54. The minimum atomic E-state index is -0.458. The summed E-state index contributed by atoms with van der Waals surface area (Å²) in [4.78, 5) is 26.2. The number of aryl methyl sites for hydroxylation is 3. The van der Waals surface area contributed by atoms with E-state index in [4.69, 9.17) is 4.74 Å². The van der Waals surface area contributed by atoms with E-state index in [1.165, 1.54) is 0 Å². The van der Waals surface area contributed by atoms with Crippen molar-refractivity contribution < 1.29 is 14.3 Å². The van der Waals surface area contributed by atoms with Crippen molar-refractivity contribution in [3.63, 3.8) is 0 Å². The maximum absolute atomic E-state index is 12.2. The number of ether oxygens (including phenoxy) is 1. The fourth-order valence-electron chi connectivity index (χ4n) is 2.56.